The zero-order valence-corrected chi connectivity index (χ0v) is 13.1. The van der Waals surface area contributed by atoms with Gasteiger partial charge in [-0.2, -0.15) is 0 Å². The Morgan fingerprint density at radius 2 is 2.23 bits per heavy atom. The molecule has 22 heavy (non-hydrogen) atoms. The van der Waals surface area contributed by atoms with Crippen molar-refractivity contribution in [1.29, 1.82) is 0 Å². The Bertz CT molecular complexity index is 592. The third kappa shape index (κ3) is 1.79. The van der Waals surface area contributed by atoms with Crippen LogP contribution in [0.15, 0.2) is 36.0 Å². The van der Waals surface area contributed by atoms with Crippen molar-refractivity contribution in [2.24, 2.45) is 11.3 Å². The predicted molar refractivity (Wildman–Crippen MR) is 79.9 cm³/mol. The average Bonchev–Trinajstić information content (AvgIpc) is 3.23. The minimum absolute atomic E-state index is 0.0552. The van der Waals surface area contributed by atoms with Crippen molar-refractivity contribution in [2.75, 3.05) is 6.61 Å². The van der Waals surface area contributed by atoms with E-state index in [2.05, 4.69) is 6.58 Å². The summed E-state index contributed by atoms with van der Waals surface area (Å²) in [5, 5.41) is 19.7. The quantitative estimate of drug-likeness (QED) is 0.464. The van der Waals surface area contributed by atoms with E-state index in [1.807, 2.05) is 26.0 Å². The first-order valence-electron chi connectivity index (χ1n) is 7.51. The molecule has 0 amide bonds. The van der Waals surface area contributed by atoms with Crippen LogP contribution in [0.25, 0.3) is 0 Å². The largest absolute Gasteiger partial charge is 0.455 e. The Labute approximate surface area is 129 Å². The van der Waals surface area contributed by atoms with E-state index in [4.69, 9.17) is 9.47 Å². The second-order valence-corrected chi connectivity index (χ2v) is 6.63. The smallest absolute Gasteiger partial charge is 0.303 e. The lowest BCUT2D eigenvalue weighted by atomic mass is 9.58. The van der Waals surface area contributed by atoms with Crippen LogP contribution in [0.3, 0.4) is 0 Å². The van der Waals surface area contributed by atoms with Crippen LogP contribution in [0, 0.1) is 11.3 Å². The first kappa shape index (κ1) is 15.5. The molecule has 3 rings (SSSR count). The molecule has 0 aromatic rings. The minimum atomic E-state index is -0.891. The Balaban J connectivity index is 2.10. The zero-order valence-electron chi connectivity index (χ0n) is 13.1. The fourth-order valence-electron chi connectivity index (χ4n) is 3.92. The first-order chi connectivity index (χ1) is 10.3. The fraction of sp³-hybridized carbons (Fsp3) is 0.588. The van der Waals surface area contributed by atoms with Crippen LogP contribution < -0.4 is 0 Å². The van der Waals surface area contributed by atoms with Crippen molar-refractivity contribution >= 4 is 5.97 Å². The van der Waals surface area contributed by atoms with Gasteiger partial charge in [0, 0.05) is 12.3 Å². The van der Waals surface area contributed by atoms with Crippen molar-refractivity contribution in [1.82, 2.24) is 0 Å². The van der Waals surface area contributed by atoms with Gasteiger partial charge >= 0.3 is 5.97 Å². The average molecular weight is 306 g/mol. The second-order valence-electron chi connectivity index (χ2n) is 6.63. The highest BCUT2D eigenvalue weighted by atomic mass is 16.7. The summed E-state index contributed by atoms with van der Waals surface area (Å²) in [6.45, 7) is 9.03. The van der Waals surface area contributed by atoms with E-state index >= 15 is 0 Å². The van der Waals surface area contributed by atoms with Crippen LogP contribution in [0.5, 0.6) is 0 Å². The summed E-state index contributed by atoms with van der Waals surface area (Å²) in [4.78, 5) is 11.4. The van der Waals surface area contributed by atoms with Gasteiger partial charge in [0.1, 0.15) is 6.10 Å². The summed E-state index contributed by atoms with van der Waals surface area (Å²) in [6.07, 6.45) is 4.04. The van der Waals surface area contributed by atoms with Crippen LogP contribution in [-0.4, -0.2) is 46.7 Å². The maximum absolute atomic E-state index is 11.4. The molecular formula is C17H22O5. The van der Waals surface area contributed by atoms with Crippen molar-refractivity contribution in [3.8, 4) is 0 Å². The number of carbonyl (C=O) groups excluding carboxylic acids is 1. The molecule has 0 saturated carbocycles. The van der Waals surface area contributed by atoms with E-state index in [-0.39, 0.29) is 18.6 Å². The zero-order chi connectivity index (χ0) is 16.3. The van der Waals surface area contributed by atoms with Crippen LogP contribution in [0.1, 0.15) is 20.8 Å². The third-order valence-electron chi connectivity index (χ3n) is 5.53. The normalized spacial score (nSPS) is 45.4. The van der Waals surface area contributed by atoms with Gasteiger partial charge in [0.15, 0.2) is 11.7 Å². The van der Waals surface area contributed by atoms with Crippen molar-refractivity contribution in [3.63, 3.8) is 0 Å². The lowest BCUT2D eigenvalue weighted by Crippen LogP contribution is -2.51. The molecule has 5 nitrogen and oxygen atoms in total. The summed E-state index contributed by atoms with van der Waals surface area (Å²) < 4.78 is 11.4. The van der Waals surface area contributed by atoms with E-state index in [0.29, 0.717) is 5.57 Å². The molecule has 0 aromatic carbocycles. The Hall–Kier alpha value is -1.43. The van der Waals surface area contributed by atoms with Crippen LogP contribution in [0.4, 0.5) is 0 Å². The van der Waals surface area contributed by atoms with Gasteiger partial charge in [0.2, 0.25) is 0 Å². The first-order valence-corrected chi connectivity index (χ1v) is 7.51. The number of aliphatic hydroxyl groups excluding tert-OH is 2. The van der Waals surface area contributed by atoms with Gasteiger partial charge in [0.25, 0.3) is 0 Å². The molecule has 1 fully saturated rings. The molecule has 0 aromatic heterocycles. The summed E-state index contributed by atoms with van der Waals surface area (Å²) in [7, 11) is 0. The number of allylic oxidation sites excluding steroid dienone is 1. The molecule has 1 aliphatic heterocycles. The van der Waals surface area contributed by atoms with E-state index in [9.17, 15) is 15.0 Å². The maximum Gasteiger partial charge on any atom is 0.303 e. The lowest BCUT2D eigenvalue weighted by molar-refractivity contribution is -0.146. The second kappa shape index (κ2) is 4.78. The summed E-state index contributed by atoms with van der Waals surface area (Å²) in [5.41, 5.74) is 0.178. The predicted octanol–water partition coefficient (Wildman–Crippen LogP) is 1.12. The Morgan fingerprint density at radius 3 is 2.82 bits per heavy atom. The van der Waals surface area contributed by atoms with Crippen LogP contribution >= 0.6 is 0 Å². The molecule has 6 atom stereocenters. The highest BCUT2D eigenvalue weighted by molar-refractivity contribution is 5.67. The van der Waals surface area contributed by atoms with Gasteiger partial charge in [-0.25, -0.2) is 0 Å². The van der Waals surface area contributed by atoms with Gasteiger partial charge < -0.3 is 19.7 Å². The molecule has 2 N–H and O–H groups in total. The summed E-state index contributed by atoms with van der Waals surface area (Å²) >= 11 is 0. The molecule has 2 aliphatic carbocycles. The maximum atomic E-state index is 11.4. The molecule has 0 spiro atoms. The van der Waals surface area contributed by atoms with Gasteiger partial charge in [0.05, 0.1) is 12.7 Å². The van der Waals surface area contributed by atoms with E-state index in [0.717, 1.165) is 5.57 Å². The van der Waals surface area contributed by atoms with E-state index in [1.54, 1.807) is 6.08 Å². The standard InChI is InChI=1S/C17H22O5/c1-9(8-18)17-14(21-11(3)19)7-12-5-6-13(20)10(2)16(12,4)15(17)22-17/h5-7,10,13-15,18,20H,1,8H2,2-4H3. The summed E-state index contributed by atoms with van der Waals surface area (Å²) in [5.74, 6) is -0.460. The van der Waals surface area contributed by atoms with E-state index < -0.39 is 29.2 Å². The van der Waals surface area contributed by atoms with Crippen molar-refractivity contribution in [2.45, 2.75) is 44.7 Å². The SMILES string of the molecule is C=C(CO)C12OC1C1(C)C(=CC2OC(C)=O)C=CC(O)C1C. The Morgan fingerprint density at radius 1 is 1.55 bits per heavy atom. The van der Waals surface area contributed by atoms with Crippen molar-refractivity contribution < 1.29 is 24.5 Å². The number of ether oxygens (including phenoxy) is 2. The number of hydrogen-bond donors (Lipinski definition) is 2. The molecule has 5 heteroatoms. The molecule has 3 aliphatic rings. The minimum Gasteiger partial charge on any atom is -0.455 e. The monoisotopic (exact) mass is 306 g/mol. The number of fused-ring (bicyclic) bond motifs is 3. The topological polar surface area (TPSA) is 79.3 Å². The molecule has 1 heterocycles. The van der Waals surface area contributed by atoms with E-state index in [1.165, 1.54) is 6.92 Å². The number of epoxide rings is 1. The number of esters is 1. The third-order valence-corrected chi connectivity index (χ3v) is 5.53. The molecule has 6 unspecified atom stereocenters. The molecule has 120 valence electrons. The van der Waals surface area contributed by atoms with Gasteiger partial charge in [-0.1, -0.05) is 32.6 Å². The molecule has 0 radical (unpaired) electrons. The van der Waals surface area contributed by atoms with Gasteiger partial charge in [-0.3, -0.25) is 4.79 Å². The molecule has 0 bridgehead atoms. The molecule has 1 saturated heterocycles. The number of hydrogen-bond acceptors (Lipinski definition) is 5. The fourth-order valence-corrected chi connectivity index (χ4v) is 3.92. The van der Waals surface area contributed by atoms with Gasteiger partial charge in [-0.15, -0.1) is 0 Å². The molecular weight excluding hydrogens is 284 g/mol. The van der Waals surface area contributed by atoms with Gasteiger partial charge in [-0.05, 0) is 23.1 Å². The highest BCUT2D eigenvalue weighted by Crippen LogP contribution is 2.64. The summed E-state index contributed by atoms with van der Waals surface area (Å²) in [6, 6.07) is 0. The number of carbonyl (C=O) groups is 1. The number of aliphatic hydroxyl groups is 2. The highest BCUT2D eigenvalue weighted by Gasteiger charge is 2.74. The van der Waals surface area contributed by atoms with Crippen molar-refractivity contribution in [3.05, 3.63) is 36.0 Å². The number of rotatable bonds is 3. The Kier molecular flexibility index (Phi) is 3.36. The van der Waals surface area contributed by atoms with Crippen LogP contribution in [-0.2, 0) is 14.3 Å². The lowest BCUT2D eigenvalue weighted by Gasteiger charge is -2.45. The van der Waals surface area contributed by atoms with Crippen LogP contribution in [0.2, 0.25) is 0 Å².